The second-order valence-electron chi connectivity index (χ2n) is 14.3. The van der Waals surface area contributed by atoms with E-state index in [0.717, 1.165) is 61.0 Å². The van der Waals surface area contributed by atoms with E-state index in [0.29, 0.717) is 54.1 Å². The van der Waals surface area contributed by atoms with Gasteiger partial charge < -0.3 is 25.4 Å². The molecule has 2 saturated carbocycles. The minimum absolute atomic E-state index is 0.00864. The number of allylic oxidation sites excluding steroid dienone is 1. The van der Waals surface area contributed by atoms with Gasteiger partial charge in [-0.2, -0.15) is 15.0 Å². The highest BCUT2D eigenvalue weighted by Crippen LogP contribution is 2.56. The zero-order valence-electron chi connectivity index (χ0n) is 27.9. The highest BCUT2D eigenvalue weighted by atomic mass is 16.5. The first-order chi connectivity index (χ1) is 22.0. The number of benzene rings is 1. The molecule has 3 N–H and O–H groups in total. The fourth-order valence-corrected chi connectivity index (χ4v) is 9.57. The second-order valence-corrected chi connectivity index (χ2v) is 14.3. The monoisotopic (exact) mass is 627 g/mol. The maximum Gasteiger partial charge on any atom is 0.459 e. The lowest BCUT2D eigenvalue weighted by Gasteiger charge is -2.48. The topological polar surface area (TPSA) is 128 Å². The molecule has 3 fully saturated rings. The van der Waals surface area contributed by atoms with Crippen LogP contribution in [0, 0.1) is 40.9 Å². The SMILES string of the molecule is C=C(NC)C1CCC2[C@@H](CCc3cc(C(=O)NC)ccc3C2(C[C@@H](C)NCC(=C)N2C(C#N)C[C@@H]3[C@H](C)[C@@H]32)c2nc(=O)on2C)C1. The van der Waals surface area contributed by atoms with Gasteiger partial charge in [-0.25, -0.2) is 4.79 Å². The van der Waals surface area contributed by atoms with E-state index < -0.39 is 11.2 Å². The van der Waals surface area contributed by atoms with Gasteiger partial charge in [0.25, 0.3) is 5.91 Å². The smallest absolute Gasteiger partial charge is 0.392 e. The Morgan fingerprint density at radius 1 is 1.22 bits per heavy atom. The molecule has 3 aliphatic carbocycles. The van der Waals surface area contributed by atoms with Crippen LogP contribution in [0.1, 0.15) is 79.7 Å². The van der Waals surface area contributed by atoms with Crippen LogP contribution in [-0.2, 0) is 18.9 Å². The lowest BCUT2D eigenvalue weighted by molar-refractivity contribution is 0.0962. The molecular weight excluding hydrogens is 578 g/mol. The summed E-state index contributed by atoms with van der Waals surface area (Å²) in [7, 11) is 5.37. The number of amides is 1. The second kappa shape index (κ2) is 12.4. The number of aromatic nitrogens is 2. The van der Waals surface area contributed by atoms with Gasteiger partial charge in [-0.05, 0) is 105 Å². The van der Waals surface area contributed by atoms with Crippen molar-refractivity contribution >= 4 is 5.91 Å². The number of piperidine rings is 1. The van der Waals surface area contributed by atoms with E-state index >= 15 is 0 Å². The van der Waals surface area contributed by atoms with Crippen LogP contribution in [-0.4, -0.2) is 59.3 Å². The van der Waals surface area contributed by atoms with Crippen LogP contribution >= 0.6 is 0 Å². The zero-order valence-corrected chi connectivity index (χ0v) is 27.9. The van der Waals surface area contributed by atoms with Crippen LogP contribution < -0.4 is 21.7 Å². The van der Waals surface area contributed by atoms with Crippen molar-refractivity contribution in [3.8, 4) is 6.07 Å². The maximum absolute atomic E-state index is 12.8. The molecule has 1 aromatic heterocycles. The number of nitrogens with one attached hydrogen (secondary N) is 3. The van der Waals surface area contributed by atoms with Gasteiger partial charge in [0.15, 0.2) is 5.82 Å². The van der Waals surface area contributed by atoms with Crippen LogP contribution in [0.4, 0.5) is 0 Å². The van der Waals surface area contributed by atoms with Gasteiger partial charge in [-0.1, -0.05) is 26.1 Å². The van der Waals surface area contributed by atoms with Crippen molar-refractivity contribution < 1.29 is 9.32 Å². The summed E-state index contributed by atoms with van der Waals surface area (Å²) in [6.45, 7) is 13.8. The van der Waals surface area contributed by atoms with E-state index in [1.54, 1.807) is 18.8 Å². The number of nitriles is 1. The van der Waals surface area contributed by atoms with E-state index in [1.807, 2.05) is 19.2 Å². The minimum atomic E-state index is -0.642. The fraction of sp³-hybridized carbons (Fsp3) is 0.611. The number of carbonyl (C=O) groups excluding carboxylic acids is 1. The molecule has 2 aromatic rings. The normalized spacial score (nSPS) is 31.8. The molecule has 4 aliphatic rings. The number of rotatable bonds is 10. The summed E-state index contributed by atoms with van der Waals surface area (Å²) in [4.78, 5) is 32.3. The summed E-state index contributed by atoms with van der Waals surface area (Å²) < 4.78 is 7.14. The van der Waals surface area contributed by atoms with Crippen LogP contribution in [0.3, 0.4) is 0 Å². The summed E-state index contributed by atoms with van der Waals surface area (Å²) in [5.74, 6) is 2.02. The van der Waals surface area contributed by atoms with Crippen molar-refractivity contribution in [2.75, 3.05) is 20.6 Å². The molecule has 1 aliphatic heterocycles. The van der Waals surface area contributed by atoms with E-state index in [4.69, 9.17) is 4.52 Å². The quantitative estimate of drug-likeness (QED) is 0.363. The molecule has 246 valence electrons. The number of likely N-dealkylation sites (tertiary alicyclic amines) is 1. The average molecular weight is 628 g/mol. The lowest BCUT2D eigenvalue weighted by atomic mass is 9.57. The number of nitrogens with zero attached hydrogens (tertiary/aromatic N) is 4. The van der Waals surface area contributed by atoms with Crippen molar-refractivity contribution in [1.29, 1.82) is 5.26 Å². The van der Waals surface area contributed by atoms with Gasteiger partial charge in [0, 0.05) is 56.7 Å². The largest absolute Gasteiger partial charge is 0.459 e. The number of hydrogen-bond acceptors (Lipinski definition) is 8. The van der Waals surface area contributed by atoms with Crippen molar-refractivity contribution in [2.45, 2.75) is 82.3 Å². The Bertz CT molecular complexity index is 1620. The molecule has 2 heterocycles. The number of hydrogen-bond donors (Lipinski definition) is 3. The summed E-state index contributed by atoms with van der Waals surface area (Å²) in [6, 6.07) is 8.84. The Kier molecular flexibility index (Phi) is 8.66. The average Bonchev–Trinajstić information content (AvgIpc) is 3.35. The Labute approximate surface area is 272 Å². The number of fused-ring (bicyclic) bond motifs is 3. The Balaban J connectivity index is 1.39. The van der Waals surface area contributed by atoms with E-state index in [-0.39, 0.29) is 23.9 Å². The predicted molar refractivity (Wildman–Crippen MR) is 177 cm³/mol. The highest BCUT2D eigenvalue weighted by Gasteiger charge is 2.59. The predicted octanol–water partition coefficient (Wildman–Crippen LogP) is 3.85. The van der Waals surface area contributed by atoms with Gasteiger partial charge >= 0.3 is 5.76 Å². The maximum atomic E-state index is 12.8. The molecule has 0 radical (unpaired) electrons. The third kappa shape index (κ3) is 5.36. The molecule has 1 aromatic carbocycles. The van der Waals surface area contributed by atoms with E-state index in [2.05, 4.69) is 65.0 Å². The van der Waals surface area contributed by atoms with Crippen molar-refractivity contribution in [3.05, 3.63) is 75.8 Å². The number of aryl methyl sites for hydroxylation is 2. The Morgan fingerprint density at radius 2 is 2.00 bits per heavy atom. The molecular formula is C36H49N7O3. The Hall–Kier alpha value is -3.84. The van der Waals surface area contributed by atoms with Crippen LogP contribution in [0.5, 0.6) is 0 Å². The van der Waals surface area contributed by atoms with Gasteiger partial charge in [-0.3, -0.25) is 4.79 Å². The first-order valence-electron chi connectivity index (χ1n) is 16.9. The molecule has 0 spiro atoms. The molecule has 10 nitrogen and oxygen atoms in total. The summed E-state index contributed by atoms with van der Waals surface area (Å²) in [5, 5.41) is 19.7. The molecule has 46 heavy (non-hydrogen) atoms. The molecule has 4 unspecified atom stereocenters. The lowest BCUT2D eigenvalue weighted by Crippen LogP contribution is -2.49. The third-order valence-electron chi connectivity index (χ3n) is 11.9. The molecule has 9 atom stereocenters. The first-order valence-corrected chi connectivity index (χ1v) is 16.9. The zero-order chi connectivity index (χ0) is 32.9. The van der Waals surface area contributed by atoms with Crippen LogP contribution in [0.15, 0.2) is 52.1 Å². The standard InChI is InChI=1S/C36H49N7O3/c1-20(40-19-21(2)43-28(18-37)16-29-22(3)32(29)43)17-36(34-41-35(45)46-42(34)7)30-12-10-24(23(4)38-5)14-25(30)8-9-26-15-27(33(44)39-6)11-13-31(26)36/h11,13,15,20,22,24-25,28-30,32,38,40H,2,4,8-10,12,14,16-17,19H2,1,3,5-7H3,(H,39,44)/t20-,22+,24?,25+,28?,29-,30?,32+,36?/m1/s1. The fourth-order valence-electron chi connectivity index (χ4n) is 9.57. The van der Waals surface area contributed by atoms with Crippen LogP contribution in [0.2, 0.25) is 0 Å². The van der Waals surface area contributed by atoms with Crippen molar-refractivity contribution in [3.63, 3.8) is 0 Å². The van der Waals surface area contributed by atoms with Gasteiger partial charge in [-0.15, -0.1) is 0 Å². The van der Waals surface area contributed by atoms with Crippen molar-refractivity contribution in [2.24, 2.45) is 36.6 Å². The highest BCUT2D eigenvalue weighted by molar-refractivity contribution is 5.94. The van der Waals surface area contributed by atoms with Gasteiger partial charge in [0.2, 0.25) is 0 Å². The Morgan fingerprint density at radius 3 is 2.67 bits per heavy atom. The van der Waals surface area contributed by atoms with Crippen molar-refractivity contribution in [1.82, 2.24) is 30.6 Å². The third-order valence-corrected chi connectivity index (χ3v) is 11.9. The first kappa shape index (κ1) is 32.1. The van der Waals surface area contributed by atoms with E-state index in [1.165, 1.54) is 0 Å². The number of carbonyl (C=O) groups is 1. The molecule has 10 heteroatoms. The molecule has 1 saturated heterocycles. The molecule has 1 amide bonds. The molecule has 0 bridgehead atoms. The van der Waals surface area contributed by atoms with Crippen LogP contribution in [0.25, 0.3) is 0 Å². The minimum Gasteiger partial charge on any atom is -0.392 e. The van der Waals surface area contributed by atoms with E-state index in [9.17, 15) is 14.9 Å². The van der Waals surface area contributed by atoms with Gasteiger partial charge in [0.05, 0.1) is 11.5 Å². The van der Waals surface area contributed by atoms with Gasteiger partial charge in [0.1, 0.15) is 6.04 Å². The summed E-state index contributed by atoms with van der Waals surface area (Å²) in [5.41, 5.74) is 4.25. The molecule has 6 rings (SSSR count). The summed E-state index contributed by atoms with van der Waals surface area (Å²) >= 11 is 0. The summed E-state index contributed by atoms with van der Waals surface area (Å²) in [6.07, 6.45) is 6.33.